The second-order valence-electron chi connectivity index (χ2n) is 7.44. The number of nitrogens with zero attached hydrogens (tertiary/aromatic N) is 1. The second-order valence-corrected chi connectivity index (χ2v) is 8.79. The molecular formula is C23H15BrClN3O2. The van der Waals surface area contributed by atoms with Crippen LogP contribution in [0.5, 0.6) is 5.75 Å². The maximum absolute atomic E-state index is 13.4. The first-order valence-corrected chi connectivity index (χ1v) is 10.7. The smallest absolute Gasteiger partial charge is 0.291 e. The highest BCUT2D eigenvalue weighted by molar-refractivity contribution is 9.10. The molecule has 6 rings (SSSR count). The number of nitrogens with one attached hydrogen (secondary N) is 2. The van der Waals surface area contributed by atoms with Crippen molar-refractivity contribution in [2.45, 2.75) is 11.8 Å². The van der Waals surface area contributed by atoms with Crippen molar-refractivity contribution in [3.8, 4) is 5.75 Å². The van der Waals surface area contributed by atoms with E-state index in [-0.39, 0.29) is 11.9 Å². The van der Waals surface area contributed by atoms with Crippen molar-refractivity contribution in [3.05, 3.63) is 99.0 Å². The number of para-hydroxylation sites is 1. The Hall–Kier alpha value is -2.80. The average molecular weight is 481 g/mol. The Labute approximate surface area is 186 Å². The molecule has 0 saturated heterocycles. The van der Waals surface area contributed by atoms with Crippen molar-refractivity contribution in [2.75, 3.05) is 5.32 Å². The van der Waals surface area contributed by atoms with Gasteiger partial charge in [0, 0.05) is 20.6 Å². The highest BCUT2D eigenvalue weighted by Crippen LogP contribution is 2.53. The van der Waals surface area contributed by atoms with Gasteiger partial charge in [0.25, 0.3) is 11.6 Å². The van der Waals surface area contributed by atoms with Crippen molar-refractivity contribution in [1.82, 2.24) is 10.4 Å². The lowest BCUT2D eigenvalue weighted by Gasteiger charge is -2.44. The highest BCUT2D eigenvalue weighted by Gasteiger charge is 2.60. The topological polar surface area (TPSA) is 53.6 Å². The first-order chi connectivity index (χ1) is 14.6. The predicted molar refractivity (Wildman–Crippen MR) is 119 cm³/mol. The van der Waals surface area contributed by atoms with E-state index in [9.17, 15) is 4.79 Å². The molecule has 0 saturated carbocycles. The van der Waals surface area contributed by atoms with Gasteiger partial charge >= 0.3 is 0 Å². The van der Waals surface area contributed by atoms with Gasteiger partial charge in [-0.3, -0.25) is 4.79 Å². The van der Waals surface area contributed by atoms with Gasteiger partial charge in [0.1, 0.15) is 5.75 Å². The summed E-state index contributed by atoms with van der Waals surface area (Å²) in [5.41, 5.74) is 6.39. The third-order valence-electron chi connectivity index (χ3n) is 5.74. The summed E-state index contributed by atoms with van der Waals surface area (Å²) in [6, 6.07) is 21.0. The first-order valence-electron chi connectivity index (χ1n) is 9.49. The standard InChI is InChI=1S/C23H15BrClN3O2/c24-14-7-5-13(6-8-14)19-12-20-16-3-1-2-4-21(16)30-23(28(20)27-19)17-11-15(25)9-10-18(17)26-22(23)29/h1-12,20,27H,(H,26,29). The van der Waals surface area contributed by atoms with Crippen LogP contribution in [0.2, 0.25) is 5.02 Å². The number of benzene rings is 3. The van der Waals surface area contributed by atoms with Crippen LogP contribution >= 0.6 is 27.5 Å². The molecule has 5 nitrogen and oxygen atoms in total. The van der Waals surface area contributed by atoms with Crippen LogP contribution in [-0.2, 0) is 10.5 Å². The lowest BCUT2D eigenvalue weighted by atomic mass is 9.95. The summed E-state index contributed by atoms with van der Waals surface area (Å²) in [5, 5.41) is 5.38. The molecule has 1 spiro atoms. The fourth-order valence-corrected chi connectivity index (χ4v) is 4.80. The van der Waals surface area contributed by atoms with E-state index >= 15 is 0 Å². The second kappa shape index (κ2) is 6.35. The van der Waals surface area contributed by atoms with Gasteiger partial charge in [-0.2, -0.15) is 5.01 Å². The average Bonchev–Trinajstić information content (AvgIpc) is 3.30. The molecule has 3 aliphatic heterocycles. The molecule has 0 aliphatic carbocycles. The van der Waals surface area contributed by atoms with Gasteiger partial charge in [0.15, 0.2) is 0 Å². The molecule has 3 aromatic rings. The van der Waals surface area contributed by atoms with E-state index in [4.69, 9.17) is 16.3 Å². The minimum absolute atomic E-state index is 0.190. The predicted octanol–water partition coefficient (Wildman–Crippen LogP) is 5.20. The third kappa shape index (κ3) is 2.41. The van der Waals surface area contributed by atoms with Gasteiger partial charge in [-0.15, -0.1) is 0 Å². The number of hydrogen-bond acceptors (Lipinski definition) is 4. The zero-order chi connectivity index (χ0) is 20.5. The monoisotopic (exact) mass is 479 g/mol. The fraction of sp³-hybridized carbons (Fsp3) is 0.0870. The molecule has 0 bridgehead atoms. The van der Waals surface area contributed by atoms with Crippen LogP contribution in [0.25, 0.3) is 5.70 Å². The van der Waals surface area contributed by atoms with E-state index in [2.05, 4.69) is 32.7 Å². The summed E-state index contributed by atoms with van der Waals surface area (Å²) in [5.74, 6) is 0.425. The summed E-state index contributed by atoms with van der Waals surface area (Å²) in [4.78, 5) is 13.4. The van der Waals surface area contributed by atoms with E-state index in [1.807, 2.05) is 59.6 Å². The zero-order valence-corrected chi connectivity index (χ0v) is 17.9. The van der Waals surface area contributed by atoms with Crippen LogP contribution < -0.4 is 15.5 Å². The number of carbonyl (C=O) groups excluding carboxylic acids is 1. The summed E-state index contributed by atoms with van der Waals surface area (Å²) in [7, 11) is 0. The van der Waals surface area contributed by atoms with Gasteiger partial charge in [0.2, 0.25) is 0 Å². The number of amides is 1. The molecule has 0 aromatic heterocycles. The largest absolute Gasteiger partial charge is 0.457 e. The molecule has 7 heteroatoms. The van der Waals surface area contributed by atoms with E-state index < -0.39 is 5.72 Å². The molecule has 3 aliphatic rings. The number of carbonyl (C=O) groups is 1. The van der Waals surface area contributed by atoms with Crippen LogP contribution in [-0.4, -0.2) is 10.9 Å². The molecule has 148 valence electrons. The molecule has 2 unspecified atom stereocenters. The van der Waals surface area contributed by atoms with E-state index in [1.165, 1.54) is 0 Å². The van der Waals surface area contributed by atoms with Crippen molar-refractivity contribution in [2.24, 2.45) is 0 Å². The molecule has 3 aromatic carbocycles. The molecule has 2 atom stereocenters. The number of hydrazine groups is 1. The maximum atomic E-state index is 13.4. The van der Waals surface area contributed by atoms with E-state index in [0.29, 0.717) is 22.0 Å². The van der Waals surface area contributed by atoms with Crippen molar-refractivity contribution >= 4 is 44.8 Å². The first kappa shape index (κ1) is 18.0. The number of rotatable bonds is 1. The van der Waals surface area contributed by atoms with Crippen LogP contribution in [0.15, 0.2) is 77.3 Å². The molecule has 0 fully saturated rings. The lowest BCUT2D eigenvalue weighted by Crippen LogP contribution is -2.60. The van der Waals surface area contributed by atoms with Gasteiger partial charge in [-0.1, -0.05) is 57.9 Å². The lowest BCUT2D eigenvalue weighted by molar-refractivity contribution is -0.165. The Morgan fingerprint density at radius 2 is 1.87 bits per heavy atom. The number of halogens is 2. The quantitative estimate of drug-likeness (QED) is 0.502. The van der Waals surface area contributed by atoms with Gasteiger partial charge in [-0.05, 0) is 48.0 Å². The number of ether oxygens (including phenoxy) is 1. The van der Waals surface area contributed by atoms with Gasteiger partial charge in [-0.25, -0.2) is 0 Å². The summed E-state index contributed by atoms with van der Waals surface area (Å²) in [6.07, 6.45) is 2.13. The van der Waals surface area contributed by atoms with Crippen LogP contribution in [0, 0.1) is 0 Å². The molecular weight excluding hydrogens is 466 g/mol. The van der Waals surface area contributed by atoms with Crippen LogP contribution in [0.3, 0.4) is 0 Å². The molecule has 0 radical (unpaired) electrons. The highest BCUT2D eigenvalue weighted by atomic mass is 79.9. The van der Waals surface area contributed by atoms with Gasteiger partial charge in [0.05, 0.1) is 17.4 Å². The Morgan fingerprint density at radius 1 is 1.07 bits per heavy atom. The zero-order valence-electron chi connectivity index (χ0n) is 15.5. The van der Waals surface area contributed by atoms with Crippen LogP contribution in [0.4, 0.5) is 5.69 Å². The Morgan fingerprint density at radius 3 is 2.70 bits per heavy atom. The number of anilines is 1. The van der Waals surface area contributed by atoms with Crippen LogP contribution in [0.1, 0.15) is 22.7 Å². The summed E-state index contributed by atoms with van der Waals surface area (Å²) < 4.78 is 7.45. The van der Waals surface area contributed by atoms with Gasteiger partial charge < -0.3 is 15.5 Å². The van der Waals surface area contributed by atoms with Crippen molar-refractivity contribution in [1.29, 1.82) is 0 Å². The summed E-state index contributed by atoms with van der Waals surface area (Å²) in [6.45, 7) is 0. The maximum Gasteiger partial charge on any atom is 0.291 e. The molecule has 2 N–H and O–H groups in total. The minimum atomic E-state index is -1.37. The fourth-order valence-electron chi connectivity index (χ4n) is 4.36. The van der Waals surface area contributed by atoms with E-state index in [0.717, 1.165) is 21.3 Å². The normalized spacial score (nSPS) is 23.7. The number of fused-ring (bicyclic) bond motifs is 6. The Kier molecular flexibility index (Phi) is 3.81. The molecule has 30 heavy (non-hydrogen) atoms. The SMILES string of the molecule is O=C1Nc2ccc(Cl)cc2C12Oc1ccccc1C1C=C(c3ccc(Br)cc3)NN12. The number of hydrogen-bond donors (Lipinski definition) is 2. The Balaban J connectivity index is 1.55. The summed E-state index contributed by atoms with van der Waals surface area (Å²) >= 11 is 9.79. The molecule has 1 amide bonds. The van der Waals surface area contributed by atoms with E-state index in [1.54, 1.807) is 12.1 Å². The van der Waals surface area contributed by atoms with Crippen molar-refractivity contribution in [3.63, 3.8) is 0 Å². The third-order valence-corrected chi connectivity index (χ3v) is 6.50. The van der Waals surface area contributed by atoms with Crippen molar-refractivity contribution < 1.29 is 9.53 Å². The Bertz CT molecular complexity index is 1240. The molecule has 3 heterocycles. The minimum Gasteiger partial charge on any atom is -0.457 e.